The van der Waals surface area contributed by atoms with Gasteiger partial charge >= 0.3 is 0 Å². The van der Waals surface area contributed by atoms with Gasteiger partial charge in [0.05, 0.1) is 6.54 Å². The third-order valence-electron chi connectivity index (χ3n) is 6.16. The fourth-order valence-electron chi connectivity index (χ4n) is 4.70. The predicted octanol–water partition coefficient (Wildman–Crippen LogP) is 2.76. The van der Waals surface area contributed by atoms with E-state index in [1.54, 1.807) is 0 Å². The van der Waals surface area contributed by atoms with Crippen LogP contribution in [0.4, 0.5) is 0 Å². The Morgan fingerprint density at radius 1 is 1.03 bits per heavy atom. The number of amides is 2. The first-order chi connectivity index (χ1) is 14.5. The molecule has 7 heteroatoms. The Kier molecular flexibility index (Phi) is 6.16. The van der Waals surface area contributed by atoms with Gasteiger partial charge in [-0.1, -0.05) is 23.6 Å². The lowest BCUT2D eigenvalue weighted by atomic mass is 9.97. The first-order valence-corrected chi connectivity index (χ1v) is 11.1. The summed E-state index contributed by atoms with van der Waals surface area (Å²) in [6.07, 6.45) is 6.54. The van der Waals surface area contributed by atoms with Gasteiger partial charge in [-0.3, -0.25) is 9.59 Å². The lowest BCUT2D eigenvalue weighted by molar-refractivity contribution is -0.131. The number of benzene rings is 1. The minimum atomic E-state index is -0.202. The van der Waals surface area contributed by atoms with Crippen molar-refractivity contribution in [3.63, 3.8) is 0 Å². The van der Waals surface area contributed by atoms with E-state index < -0.39 is 0 Å². The summed E-state index contributed by atoms with van der Waals surface area (Å²) in [6.45, 7) is 6.32. The van der Waals surface area contributed by atoms with E-state index in [-0.39, 0.29) is 24.3 Å². The number of aryl methyl sites for hydroxylation is 3. The molecular formula is C23H31N5O2. The van der Waals surface area contributed by atoms with Crippen LogP contribution in [0.3, 0.4) is 0 Å². The zero-order valence-corrected chi connectivity index (χ0v) is 18.0. The third-order valence-corrected chi connectivity index (χ3v) is 6.16. The molecule has 160 valence electrons. The van der Waals surface area contributed by atoms with E-state index in [1.807, 2.05) is 36.9 Å². The molecule has 1 fully saturated rings. The van der Waals surface area contributed by atoms with E-state index in [0.29, 0.717) is 12.1 Å². The van der Waals surface area contributed by atoms with Crippen LogP contribution in [0.15, 0.2) is 18.2 Å². The average Bonchev–Trinajstić information content (AvgIpc) is 2.99. The monoisotopic (exact) mass is 409 g/mol. The quantitative estimate of drug-likeness (QED) is 0.842. The summed E-state index contributed by atoms with van der Waals surface area (Å²) >= 11 is 0. The van der Waals surface area contributed by atoms with E-state index in [1.165, 1.54) is 12.8 Å². The first-order valence-electron chi connectivity index (χ1n) is 11.1. The number of nitrogens with one attached hydrogen (secondary N) is 1. The molecule has 0 radical (unpaired) electrons. The number of hydrogen-bond acceptors (Lipinski definition) is 4. The second-order valence-electron chi connectivity index (χ2n) is 8.67. The van der Waals surface area contributed by atoms with Crippen LogP contribution in [0.25, 0.3) is 0 Å². The lowest BCUT2D eigenvalue weighted by Gasteiger charge is -2.32. The van der Waals surface area contributed by atoms with Crippen LogP contribution >= 0.6 is 0 Å². The molecule has 0 saturated carbocycles. The molecule has 1 aromatic carbocycles. The number of fused-ring (bicyclic) bond motifs is 1. The molecule has 0 spiro atoms. The summed E-state index contributed by atoms with van der Waals surface area (Å²) in [5, 5.41) is 11.7. The molecule has 1 atom stereocenters. The molecule has 1 unspecified atom stereocenters. The van der Waals surface area contributed by atoms with Crippen molar-refractivity contribution in [1.82, 2.24) is 25.0 Å². The maximum absolute atomic E-state index is 12.8. The van der Waals surface area contributed by atoms with Gasteiger partial charge < -0.3 is 14.8 Å². The molecule has 1 N–H and O–H groups in total. The second kappa shape index (κ2) is 8.98. The van der Waals surface area contributed by atoms with Gasteiger partial charge in [0.15, 0.2) is 0 Å². The molecule has 0 bridgehead atoms. The van der Waals surface area contributed by atoms with E-state index in [2.05, 4.69) is 20.1 Å². The molecule has 7 nitrogen and oxygen atoms in total. The van der Waals surface area contributed by atoms with Crippen molar-refractivity contribution < 1.29 is 9.59 Å². The highest BCUT2D eigenvalue weighted by Gasteiger charge is 2.29. The molecule has 2 aliphatic rings. The molecule has 2 aliphatic heterocycles. The molecule has 30 heavy (non-hydrogen) atoms. The van der Waals surface area contributed by atoms with Crippen molar-refractivity contribution in [1.29, 1.82) is 0 Å². The highest BCUT2D eigenvalue weighted by molar-refractivity contribution is 5.96. The van der Waals surface area contributed by atoms with E-state index in [0.717, 1.165) is 61.5 Å². The van der Waals surface area contributed by atoms with Crippen LogP contribution in [-0.4, -0.2) is 51.1 Å². The van der Waals surface area contributed by atoms with Gasteiger partial charge in [-0.05, 0) is 51.7 Å². The molecule has 1 saturated heterocycles. The number of aromatic nitrogens is 3. The van der Waals surface area contributed by atoms with Crippen LogP contribution < -0.4 is 5.32 Å². The Morgan fingerprint density at radius 2 is 1.83 bits per heavy atom. The maximum atomic E-state index is 12.8. The van der Waals surface area contributed by atoms with Gasteiger partial charge in [0, 0.05) is 37.5 Å². The van der Waals surface area contributed by atoms with Crippen LogP contribution in [0.2, 0.25) is 0 Å². The summed E-state index contributed by atoms with van der Waals surface area (Å²) in [7, 11) is 0. The topological polar surface area (TPSA) is 80.1 Å². The van der Waals surface area contributed by atoms with E-state index >= 15 is 0 Å². The zero-order valence-electron chi connectivity index (χ0n) is 18.0. The number of piperidine rings is 1. The number of rotatable bonds is 4. The summed E-state index contributed by atoms with van der Waals surface area (Å²) in [4.78, 5) is 27.1. The van der Waals surface area contributed by atoms with Gasteiger partial charge in [-0.15, -0.1) is 10.2 Å². The zero-order chi connectivity index (χ0) is 21.1. The van der Waals surface area contributed by atoms with Crippen molar-refractivity contribution in [3.8, 4) is 0 Å². The highest BCUT2D eigenvalue weighted by Crippen LogP contribution is 2.28. The Hall–Kier alpha value is -2.70. The van der Waals surface area contributed by atoms with Crippen LogP contribution in [0.1, 0.15) is 71.2 Å². The largest absolute Gasteiger partial charge is 0.343 e. The minimum absolute atomic E-state index is 0.0243. The van der Waals surface area contributed by atoms with Gasteiger partial charge in [-0.25, -0.2) is 0 Å². The van der Waals surface area contributed by atoms with Crippen LogP contribution in [0.5, 0.6) is 0 Å². The Morgan fingerprint density at radius 3 is 2.63 bits per heavy atom. The summed E-state index contributed by atoms with van der Waals surface area (Å²) in [5.74, 6) is 2.10. The minimum Gasteiger partial charge on any atom is -0.343 e. The van der Waals surface area contributed by atoms with Crippen molar-refractivity contribution >= 4 is 11.8 Å². The van der Waals surface area contributed by atoms with Gasteiger partial charge in [-0.2, -0.15) is 0 Å². The Labute approximate surface area is 177 Å². The lowest BCUT2D eigenvalue weighted by Crippen LogP contribution is -2.45. The normalized spacial score (nSPS) is 19.1. The van der Waals surface area contributed by atoms with Crippen molar-refractivity contribution in [2.75, 3.05) is 19.6 Å². The van der Waals surface area contributed by atoms with Crippen LogP contribution in [0, 0.1) is 13.8 Å². The van der Waals surface area contributed by atoms with Gasteiger partial charge in [0.25, 0.3) is 5.91 Å². The van der Waals surface area contributed by atoms with E-state index in [4.69, 9.17) is 0 Å². The van der Waals surface area contributed by atoms with Crippen molar-refractivity contribution in [3.05, 3.63) is 46.5 Å². The van der Waals surface area contributed by atoms with E-state index in [9.17, 15) is 9.59 Å². The summed E-state index contributed by atoms with van der Waals surface area (Å²) in [6, 6.07) is 5.72. The number of carbonyl (C=O) groups excluding carboxylic acids is 2. The molecule has 4 rings (SSSR count). The Bertz CT molecular complexity index is 915. The van der Waals surface area contributed by atoms with Crippen molar-refractivity contribution in [2.24, 2.45) is 0 Å². The Balaban J connectivity index is 1.37. The van der Waals surface area contributed by atoms with Crippen molar-refractivity contribution in [2.45, 2.75) is 64.8 Å². The molecule has 2 aromatic rings. The number of nitrogens with zero attached hydrogens (tertiary/aromatic N) is 4. The van der Waals surface area contributed by atoms with Gasteiger partial charge in [0.1, 0.15) is 11.6 Å². The second-order valence-corrected chi connectivity index (χ2v) is 8.67. The molecular weight excluding hydrogens is 378 g/mol. The summed E-state index contributed by atoms with van der Waals surface area (Å²) < 4.78 is 2.29. The molecule has 1 aromatic heterocycles. The summed E-state index contributed by atoms with van der Waals surface area (Å²) in [5.41, 5.74) is 2.68. The fourth-order valence-corrected chi connectivity index (χ4v) is 4.70. The molecule has 2 amide bonds. The SMILES string of the molecule is Cc1cc(C)cc(C(=O)NCC(=O)N2CCCC(c3nnc4n3CCCCC4)C2)c1. The molecule has 3 heterocycles. The standard InChI is InChI=1S/C23H31N5O2/c1-16-11-17(2)13-19(12-16)23(30)24-14-21(29)27-9-6-7-18(15-27)22-26-25-20-8-4-3-5-10-28(20)22/h11-13,18H,3-10,14-15H2,1-2H3,(H,24,30). The van der Waals surface area contributed by atoms with Crippen LogP contribution in [-0.2, 0) is 17.8 Å². The predicted molar refractivity (Wildman–Crippen MR) is 114 cm³/mol. The average molecular weight is 410 g/mol. The first kappa shape index (κ1) is 20.6. The smallest absolute Gasteiger partial charge is 0.251 e. The fraction of sp³-hybridized carbons (Fsp3) is 0.565. The highest BCUT2D eigenvalue weighted by atomic mass is 16.2. The van der Waals surface area contributed by atoms with Gasteiger partial charge in [0.2, 0.25) is 5.91 Å². The maximum Gasteiger partial charge on any atom is 0.251 e. The number of likely N-dealkylation sites (tertiary alicyclic amines) is 1. The molecule has 0 aliphatic carbocycles. The number of hydrogen-bond donors (Lipinski definition) is 1. The third kappa shape index (κ3) is 4.55. The number of carbonyl (C=O) groups is 2.